The largest absolute Gasteiger partial charge is 0.317 e. The lowest BCUT2D eigenvalue weighted by Crippen LogP contribution is -2.27. The van der Waals surface area contributed by atoms with Crippen molar-refractivity contribution in [3.63, 3.8) is 0 Å². The molecule has 1 unspecified atom stereocenters. The molecule has 1 aromatic heterocycles. The van der Waals surface area contributed by atoms with Gasteiger partial charge in [0.25, 0.3) is 0 Å². The smallest absolute Gasteiger partial charge is 0.138 e. The third-order valence-electron chi connectivity index (χ3n) is 3.71. The zero-order valence-corrected chi connectivity index (χ0v) is 11.9. The molecule has 1 fully saturated rings. The van der Waals surface area contributed by atoms with E-state index < -0.39 is 0 Å². The van der Waals surface area contributed by atoms with Crippen LogP contribution in [0.3, 0.4) is 0 Å². The highest BCUT2D eigenvalue weighted by atomic mass is 15.3. The summed E-state index contributed by atoms with van der Waals surface area (Å²) in [6, 6.07) is 0.714. The molecule has 1 N–H and O–H groups in total. The van der Waals surface area contributed by atoms with Crippen LogP contribution in [-0.4, -0.2) is 27.9 Å². The molecule has 1 aliphatic rings. The van der Waals surface area contributed by atoms with Gasteiger partial charge < -0.3 is 5.32 Å². The van der Waals surface area contributed by atoms with Crippen molar-refractivity contribution < 1.29 is 0 Å². The normalized spacial score (nSPS) is 17.3. The van der Waals surface area contributed by atoms with Crippen molar-refractivity contribution >= 4 is 0 Å². The van der Waals surface area contributed by atoms with Gasteiger partial charge >= 0.3 is 0 Å². The van der Waals surface area contributed by atoms with Gasteiger partial charge in [0, 0.05) is 19.0 Å². The molecule has 0 bridgehead atoms. The van der Waals surface area contributed by atoms with Gasteiger partial charge in [-0.15, -0.1) is 0 Å². The monoisotopic (exact) mass is 250 g/mol. The molecule has 0 spiro atoms. The zero-order chi connectivity index (χ0) is 13.0. The van der Waals surface area contributed by atoms with E-state index in [1.165, 1.54) is 25.7 Å². The van der Waals surface area contributed by atoms with Crippen LogP contribution >= 0.6 is 0 Å². The number of hydrogen-bond donors (Lipinski definition) is 1. The molecule has 0 aromatic carbocycles. The predicted molar refractivity (Wildman–Crippen MR) is 73.4 cm³/mol. The summed E-state index contributed by atoms with van der Waals surface area (Å²) in [6.45, 7) is 5.42. The molecule has 1 atom stereocenters. The van der Waals surface area contributed by atoms with E-state index in [-0.39, 0.29) is 0 Å². The maximum absolute atomic E-state index is 4.38. The van der Waals surface area contributed by atoms with Crippen LogP contribution in [0.5, 0.6) is 0 Å². The van der Waals surface area contributed by atoms with E-state index in [0.29, 0.717) is 12.0 Å². The molecular weight excluding hydrogens is 224 g/mol. The van der Waals surface area contributed by atoms with E-state index in [0.717, 1.165) is 24.7 Å². The second-order valence-electron chi connectivity index (χ2n) is 5.88. The Bertz CT molecular complexity index is 354. The summed E-state index contributed by atoms with van der Waals surface area (Å²) >= 11 is 0. The van der Waals surface area contributed by atoms with E-state index in [1.807, 2.05) is 0 Å². The molecule has 1 saturated carbocycles. The van der Waals surface area contributed by atoms with Gasteiger partial charge in [-0.2, -0.15) is 5.10 Å². The Kier molecular flexibility index (Phi) is 4.75. The van der Waals surface area contributed by atoms with Crippen LogP contribution in [0.4, 0.5) is 0 Å². The van der Waals surface area contributed by atoms with Crippen LogP contribution in [0.1, 0.15) is 45.4 Å². The van der Waals surface area contributed by atoms with Crippen molar-refractivity contribution in [2.75, 3.05) is 7.05 Å². The Morgan fingerprint density at radius 2 is 2.22 bits per heavy atom. The van der Waals surface area contributed by atoms with Crippen LogP contribution in [0.2, 0.25) is 0 Å². The first-order valence-corrected chi connectivity index (χ1v) is 7.24. The summed E-state index contributed by atoms with van der Waals surface area (Å²) in [6.07, 6.45) is 8.03. The summed E-state index contributed by atoms with van der Waals surface area (Å²) in [5, 5.41) is 7.76. The van der Waals surface area contributed by atoms with Gasteiger partial charge in [0.05, 0.1) is 0 Å². The summed E-state index contributed by atoms with van der Waals surface area (Å²) < 4.78 is 2.07. The van der Waals surface area contributed by atoms with Crippen molar-refractivity contribution in [2.24, 2.45) is 11.8 Å². The third kappa shape index (κ3) is 3.80. The summed E-state index contributed by atoms with van der Waals surface area (Å²) in [4.78, 5) is 4.38. The molecular formula is C14H26N4. The number of nitrogens with one attached hydrogen (secondary N) is 1. The van der Waals surface area contributed by atoms with Crippen LogP contribution < -0.4 is 5.32 Å². The molecule has 102 valence electrons. The quantitative estimate of drug-likeness (QED) is 0.769. The SMILES string of the molecule is CNC(CCCc1ncnn1CC(C)C)C1CC1. The van der Waals surface area contributed by atoms with Crippen molar-refractivity contribution in [1.82, 2.24) is 20.1 Å². The van der Waals surface area contributed by atoms with Crippen LogP contribution in [0.25, 0.3) is 0 Å². The lowest BCUT2D eigenvalue weighted by molar-refractivity contribution is 0.437. The minimum Gasteiger partial charge on any atom is -0.317 e. The van der Waals surface area contributed by atoms with Crippen LogP contribution in [0.15, 0.2) is 6.33 Å². The second kappa shape index (κ2) is 6.32. The van der Waals surface area contributed by atoms with E-state index in [1.54, 1.807) is 6.33 Å². The molecule has 1 aliphatic carbocycles. The van der Waals surface area contributed by atoms with Crippen molar-refractivity contribution in [3.05, 3.63) is 12.2 Å². The van der Waals surface area contributed by atoms with Crippen molar-refractivity contribution in [2.45, 2.75) is 58.5 Å². The highest BCUT2D eigenvalue weighted by Gasteiger charge is 2.29. The number of nitrogens with zero attached hydrogens (tertiary/aromatic N) is 3. The van der Waals surface area contributed by atoms with Gasteiger partial charge in [-0.3, -0.25) is 0 Å². The highest BCUT2D eigenvalue weighted by Crippen LogP contribution is 2.34. The zero-order valence-electron chi connectivity index (χ0n) is 11.9. The lowest BCUT2D eigenvalue weighted by atomic mass is 10.1. The minimum atomic E-state index is 0.627. The fraction of sp³-hybridized carbons (Fsp3) is 0.857. The molecule has 2 rings (SSSR count). The Morgan fingerprint density at radius 1 is 1.44 bits per heavy atom. The molecule has 4 heteroatoms. The first-order valence-electron chi connectivity index (χ1n) is 7.24. The maximum atomic E-state index is 4.38. The topological polar surface area (TPSA) is 42.7 Å². The average molecular weight is 250 g/mol. The maximum Gasteiger partial charge on any atom is 0.138 e. The first kappa shape index (κ1) is 13.5. The number of aromatic nitrogens is 3. The summed E-state index contributed by atoms with van der Waals surface area (Å²) in [7, 11) is 2.09. The van der Waals surface area contributed by atoms with E-state index in [2.05, 4.69) is 41.0 Å². The highest BCUT2D eigenvalue weighted by molar-refractivity contribution is 4.89. The van der Waals surface area contributed by atoms with Crippen molar-refractivity contribution in [3.8, 4) is 0 Å². The predicted octanol–water partition coefficient (Wildman–Crippen LogP) is 2.25. The van der Waals surface area contributed by atoms with Crippen LogP contribution in [-0.2, 0) is 13.0 Å². The number of hydrogen-bond acceptors (Lipinski definition) is 3. The van der Waals surface area contributed by atoms with Gasteiger partial charge in [-0.25, -0.2) is 9.67 Å². The molecule has 1 aromatic rings. The van der Waals surface area contributed by atoms with Gasteiger partial charge in [-0.1, -0.05) is 13.8 Å². The van der Waals surface area contributed by atoms with E-state index in [4.69, 9.17) is 0 Å². The van der Waals surface area contributed by atoms with E-state index in [9.17, 15) is 0 Å². The fourth-order valence-corrected chi connectivity index (χ4v) is 2.57. The second-order valence-corrected chi connectivity index (χ2v) is 5.88. The van der Waals surface area contributed by atoms with Gasteiger partial charge in [0.1, 0.15) is 12.2 Å². The third-order valence-corrected chi connectivity index (χ3v) is 3.71. The Balaban J connectivity index is 1.77. The van der Waals surface area contributed by atoms with Gasteiger partial charge in [-0.05, 0) is 44.6 Å². The van der Waals surface area contributed by atoms with E-state index >= 15 is 0 Å². The lowest BCUT2D eigenvalue weighted by Gasteiger charge is -2.15. The summed E-state index contributed by atoms with van der Waals surface area (Å²) in [5.41, 5.74) is 0. The van der Waals surface area contributed by atoms with Gasteiger partial charge in [0.15, 0.2) is 0 Å². The molecule has 0 aliphatic heterocycles. The fourth-order valence-electron chi connectivity index (χ4n) is 2.57. The molecule has 0 saturated heterocycles. The molecule has 0 amide bonds. The molecule has 4 nitrogen and oxygen atoms in total. The Labute approximate surface area is 110 Å². The number of aryl methyl sites for hydroxylation is 1. The van der Waals surface area contributed by atoms with Crippen molar-refractivity contribution in [1.29, 1.82) is 0 Å². The van der Waals surface area contributed by atoms with Gasteiger partial charge in [0.2, 0.25) is 0 Å². The summed E-state index contributed by atoms with van der Waals surface area (Å²) in [5.74, 6) is 2.71. The Hall–Kier alpha value is -0.900. The standard InChI is InChI=1S/C14H26N4/c1-11(2)9-18-14(16-10-17-18)6-4-5-13(15-3)12-7-8-12/h10-13,15H,4-9H2,1-3H3. The van der Waals surface area contributed by atoms with Crippen LogP contribution in [0, 0.1) is 11.8 Å². The Morgan fingerprint density at radius 3 is 2.83 bits per heavy atom. The number of rotatable bonds is 8. The molecule has 18 heavy (non-hydrogen) atoms. The first-order chi connectivity index (χ1) is 8.70. The molecule has 0 radical (unpaired) electrons. The average Bonchev–Trinajstić information content (AvgIpc) is 3.08. The molecule has 1 heterocycles. The minimum absolute atomic E-state index is 0.627.